The predicted molar refractivity (Wildman–Crippen MR) is 75.6 cm³/mol. The smallest absolute Gasteiger partial charge is 0.230 e. The van der Waals surface area contributed by atoms with Crippen LogP contribution in [0.3, 0.4) is 0 Å². The standard InChI is InChI=1S/C13H19N3O2S/c1-3-8-16(19(17,18)11(2)9-14)10-12-4-6-13(15)7-5-12/h4-7,11H,3,8,10,15H2,1-2H3. The van der Waals surface area contributed by atoms with E-state index in [0.29, 0.717) is 18.7 Å². The van der Waals surface area contributed by atoms with Crippen LogP contribution in [0.4, 0.5) is 5.69 Å². The molecule has 0 saturated heterocycles. The second-order valence-corrected chi connectivity index (χ2v) is 6.64. The third-order valence-corrected chi connectivity index (χ3v) is 4.83. The number of nitrogen functional groups attached to an aromatic ring is 1. The van der Waals surface area contributed by atoms with Gasteiger partial charge in [0, 0.05) is 18.8 Å². The number of nitrogens with zero attached hydrogens (tertiary/aromatic N) is 2. The average molecular weight is 281 g/mol. The molecule has 0 heterocycles. The summed E-state index contributed by atoms with van der Waals surface area (Å²) < 4.78 is 25.8. The maximum atomic E-state index is 12.2. The molecule has 1 aromatic carbocycles. The molecular weight excluding hydrogens is 262 g/mol. The van der Waals surface area contributed by atoms with E-state index in [9.17, 15) is 8.42 Å². The van der Waals surface area contributed by atoms with Gasteiger partial charge in [-0.2, -0.15) is 9.57 Å². The monoisotopic (exact) mass is 281 g/mol. The summed E-state index contributed by atoms with van der Waals surface area (Å²) in [4.78, 5) is 0. The fourth-order valence-corrected chi connectivity index (χ4v) is 3.01. The molecule has 0 saturated carbocycles. The van der Waals surface area contributed by atoms with Crippen molar-refractivity contribution in [1.29, 1.82) is 5.26 Å². The molecule has 1 unspecified atom stereocenters. The fraction of sp³-hybridized carbons (Fsp3) is 0.462. The Bertz CT molecular complexity index is 546. The molecule has 1 rings (SSSR count). The van der Waals surface area contributed by atoms with Crippen LogP contribution in [0.25, 0.3) is 0 Å². The van der Waals surface area contributed by atoms with Gasteiger partial charge in [0.05, 0.1) is 6.07 Å². The Morgan fingerprint density at radius 1 is 1.37 bits per heavy atom. The lowest BCUT2D eigenvalue weighted by atomic mass is 10.2. The first-order chi connectivity index (χ1) is 8.91. The minimum atomic E-state index is -3.58. The predicted octanol–water partition coefficient (Wildman–Crippen LogP) is 1.72. The van der Waals surface area contributed by atoms with Crippen molar-refractivity contribution < 1.29 is 8.42 Å². The van der Waals surface area contributed by atoms with Crippen LogP contribution in [-0.4, -0.2) is 24.5 Å². The number of sulfonamides is 1. The van der Waals surface area contributed by atoms with Crippen molar-refractivity contribution in [2.75, 3.05) is 12.3 Å². The Hall–Kier alpha value is -1.58. The van der Waals surface area contributed by atoms with Crippen molar-refractivity contribution in [3.63, 3.8) is 0 Å². The molecule has 1 atom stereocenters. The minimum Gasteiger partial charge on any atom is -0.399 e. The van der Waals surface area contributed by atoms with Crippen LogP contribution in [0, 0.1) is 11.3 Å². The van der Waals surface area contributed by atoms with Crippen LogP contribution in [0.1, 0.15) is 25.8 Å². The van der Waals surface area contributed by atoms with Crippen LogP contribution in [0.15, 0.2) is 24.3 Å². The van der Waals surface area contributed by atoms with E-state index in [4.69, 9.17) is 11.0 Å². The number of benzene rings is 1. The maximum Gasteiger partial charge on any atom is 0.230 e. The third kappa shape index (κ3) is 3.94. The van der Waals surface area contributed by atoms with E-state index in [-0.39, 0.29) is 6.54 Å². The third-order valence-electron chi connectivity index (χ3n) is 2.80. The van der Waals surface area contributed by atoms with Crippen LogP contribution in [0.2, 0.25) is 0 Å². The van der Waals surface area contributed by atoms with Gasteiger partial charge in [-0.1, -0.05) is 19.1 Å². The first-order valence-corrected chi connectivity index (χ1v) is 7.65. The zero-order chi connectivity index (χ0) is 14.5. The topological polar surface area (TPSA) is 87.2 Å². The largest absolute Gasteiger partial charge is 0.399 e. The van der Waals surface area contributed by atoms with Gasteiger partial charge in [0.15, 0.2) is 5.25 Å². The lowest BCUT2D eigenvalue weighted by Crippen LogP contribution is -2.37. The van der Waals surface area contributed by atoms with Crippen molar-refractivity contribution in [3.8, 4) is 6.07 Å². The van der Waals surface area contributed by atoms with Crippen molar-refractivity contribution in [2.24, 2.45) is 0 Å². The molecule has 0 fully saturated rings. The van der Waals surface area contributed by atoms with E-state index in [1.54, 1.807) is 30.3 Å². The van der Waals surface area contributed by atoms with E-state index in [1.807, 2.05) is 6.92 Å². The highest BCUT2D eigenvalue weighted by Crippen LogP contribution is 2.15. The highest BCUT2D eigenvalue weighted by atomic mass is 32.2. The van der Waals surface area contributed by atoms with Crippen molar-refractivity contribution in [3.05, 3.63) is 29.8 Å². The van der Waals surface area contributed by atoms with Gasteiger partial charge in [0.2, 0.25) is 10.0 Å². The van der Waals surface area contributed by atoms with Crippen LogP contribution < -0.4 is 5.73 Å². The SMILES string of the molecule is CCCN(Cc1ccc(N)cc1)S(=O)(=O)C(C)C#N. The molecule has 0 bridgehead atoms. The molecule has 6 heteroatoms. The van der Waals surface area contributed by atoms with Crippen LogP contribution in [-0.2, 0) is 16.6 Å². The maximum absolute atomic E-state index is 12.2. The lowest BCUT2D eigenvalue weighted by Gasteiger charge is -2.22. The van der Waals surface area contributed by atoms with Crippen molar-refractivity contribution in [1.82, 2.24) is 4.31 Å². The van der Waals surface area contributed by atoms with E-state index in [2.05, 4.69) is 0 Å². The summed E-state index contributed by atoms with van der Waals surface area (Å²) in [6, 6.07) is 8.85. The number of anilines is 1. The molecule has 0 aliphatic rings. The minimum absolute atomic E-state index is 0.266. The number of nitriles is 1. The molecule has 19 heavy (non-hydrogen) atoms. The summed E-state index contributed by atoms with van der Waals surface area (Å²) in [6.07, 6.45) is 0.701. The molecule has 1 aromatic rings. The summed E-state index contributed by atoms with van der Waals surface area (Å²) in [5.74, 6) is 0. The highest BCUT2D eigenvalue weighted by molar-refractivity contribution is 7.89. The second kappa shape index (κ2) is 6.55. The Morgan fingerprint density at radius 2 is 1.95 bits per heavy atom. The summed E-state index contributed by atoms with van der Waals surface area (Å²) >= 11 is 0. The van der Waals surface area contributed by atoms with Gasteiger partial charge in [0.25, 0.3) is 0 Å². The van der Waals surface area contributed by atoms with E-state index < -0.39 is 15.3 Å². The first kappa shape index (κ1) is 15.5. The average Bonchev–Trinajstić information content (AvgIpc) is 2.39. The molecule has 104 valence electrons. The first-order valence-electron chi connectivity index (χ1n) is 6.14. The molecule has 0 spiro atoms. The Balaban J connectivity index is 2.96. The molecule has 2 N–H and O–H groups in total. The van der Waals surface area contributed by atoms with Gasteiger partial charge in [-0.05, 0) is 31.0 Å². The van der Waals surface area contributed by atoms with Gasteiger partial charge in [-0.15, -0.1) is 0 Å². The normalized spacial score (nSPS) is 13.2. The highest BCUT2D eigenvalue weighted by Gasteiger charge is 2.28. The molecule has 0 aliphatic carbocycles. The summed E-state index contributed by atoms with van der Waals surface area (Å²) in [7, 11) is -3.58. The molecule has 5 nitrogen and oxygen atoms in total. The van der Waals surface area contributed by atoms with Crippen LogP contribution >= 0.6 is 0 Å². The fourth-order valence-electron chi connectivity index (χ4n) is 1.66. The number of nitrogens with two attached hydrogens (primary N) is 1. The summed E-state index contributed by atoms with van der Waals surface area (Å²) in [6.45, 7) is 3.98. The van der Waals surface area contributed by atoms with E-state index in [1.165, 1.54) is 11.2 Å². The Kier molecular flexibility index (Phi) is 5.33. The zero-order valence-corrected chi connectivity index (χ0v) is 12.0. The second-order valence-electron chi connectivity index (χ2n) is 4.39. The van der Waals surface area contributed by atoms with E-state index >= 15 is 0 Å². The van der Waals surface area contributed by atoms with Crippen LogP contribution in [0.5, 0.6) is 0 Å². The molecule has 0 aliphatic heterocycles. The molecule has 0 amide bonds. The van der Waals surface area contributed by atoms with Gasteiger partial charge in [0.1, 0.15) is 0 Å². The lowest BCUT2D eigenvalue weighted by molar-refractivity contribution is 0.403. The molecule has 0 aromatic heterocycles. The van der Waals surface area contributed by atoms with E-state index in [0.717, 1.165) is 5.56 Å². The van der Waals surface area contributed by atoms with Crippen molar-refractivity contribution >= 4 is 15.7 Å². The van der Waals surface area contributed by atoms with Gasteiger partial charge < -0.3 is 5.73 Å². The summed E-state index contributed by atoms with van der Waals surface area (Å²) in [5.41, 5.74) is 7.09. The summed E-state index contributed by atoms with van der Waals surface area (Å²) in [5, 5.41) is 7.78. The quantitative estimate of drug-likeness (QED) is 0.804. The van der Waals surface area contributed by atoms with Gasteiger partial charge in [-0.25, -0.2) is 8.42 Å². The number of hydrogen-bond donors (Lipinski definition) is 1. The van der Waals surface area contributed by atoms with Gasteiger partial charge in [-0.3, -0.25) is 0 Å². The number of hydrogen-bond acceptors (Lipinski definition) is 4. The Morgan fingerprint density at radius 3 is 2.42 bits per heavy atom. The van der Waals surface area contributed by atoms with Crippen molar-refractivity contribution in [2.45, 2.75) is 32.1 Å². The zero-order valence-electron chi connectivity index (χ0n) is 11.2. The molecular formula is C13H19N3O2S. The van der Waals surface area contributed by atoms with Gasteiger partial charge >= 0.3 is 0 Å². The molecule has 0 radical (unpaired) electrons. The number of rotatable bonds is 6. The Labute approximate surface area is 114 Å².